The van der Waals surface area contributed by atoms with Crippen LogP contribution in [-0.4, -0.2) is 58.8 Å². The fraction of sp³-hybridized carbons (Fsp3) is 0.304. The van der Waals surface area contributed by atoms with E-state index in [0.717, 1.165) is 17.1 Å². The zero-order chi connectivity index (χ0) is 20.9. The van der Waals surface area contributed by atoms with Crippen molar-refractivity contribution in [2.75, 3.05) is 37.7 Å². The molecule has 0 spiro atoms. The van der Waals surface area contributed by atoms with E-state index >= 15 is 0 Å². The Morgan fingerprint density at radius 1 is 1.00 bits per heavy atom. The minimum absolute atomic E-state index is 0.0491. The fourth-order valence-corrected chi connectivity index (χ4v) is 3.49. The summed E-state index contributed by atoms with van der Waals surface area (Å²) in [5.41, 5.74) is 3.63. The lowest BCUT2D eigenvalue weighted by Crippen LogP contribution is -2.49. The van der Waals surface area contributed by atoms with Crippen LogP contribution in [0.1, 0.15) is 22.8 Å². The van der Waals surface area contributed by atoms with Crippen LogP contribution in [0.2, 0.25) is 0 Å². The molecule has 2 aromatic heterocycles. The van der Waals surface area contributed by atoms with Crippen LogP contribution in [0.15, 0.2) is 54.7 Å². The molecule has 3 heterocycles. The maximum atomic E-state index is 12.9. The van der Waals surface area contributed by atoms with E-state index in [2.05, 4.69) is 51.3 Å². The van der Waals surface area contributed by atoms with E-state index in [9.17, 15) is 4.79 Å². The number of hydrogen-bond donors (Lipinski definition) is 0. The molecule has 0 saturated carbocycles. The van der Waals surface area contributed by atoms with E-state index in [0.29, 0.717) is 44.2 Å². The largest absolute Gasteiger partial charge is 0.477 e. The fourth-order valence-electron chi connectivity index (χ4n) is 3.49. The van der Waals surface area contributed by atoms with E-state index < -0.39 is 0 Å². The Hall–Kier alpha value is -3.48. The van der Waals surface area contributed by atoms with Gasteiger partial charge in [-0.2, -0.15) is 0 Å². The molecule has 3 aromatic rings. The lowest BCUT2D eigenvalue weighted by atomic mass is 10.1. The van der Waals surface area contributed by atoms with Crippen LogP contribution in [0.4, 0.5) is 5.82 Å². The Labute approximate surface area is 176 Å². The zero-order valence-electron chi connectivity index (χ0n) is 17.3. The van der Waals surface area contributed by atoms with Gasteiger partial charge in [-0.1, -0.05) is 29.8 Å². The summed E-state index contributed by atoms with van der Waals surface area (Å²) in [6, 6.07) is 15.8. The van der Waals surface area contributed by atoms with Crippen molar-refractivity contribution in [1.29, 1.82) is 0 Å². The van der Waals surface area contributed by atoms with Crippen LogP contribution in [0, 0.1) is 6.92 Å². The highest BCUT2D eigenvalue weighted by Gasteiger charge is 2.25. The Bertz CT molecular complexity index is 997. The number of ether oxygens (including phenoxy) is 1. The molecule has 0 radical (unpaired) electrons. The molecule has 0 atom stereocenters. The SMILES string of the molecule is CCOc1ncccc1C(=O)N1CCN(c2ccc(-c3ccc(C)cc3)nn2)CC1. The third-order valence-electron chi connectivity index (χ3n) is 5.17. The smallest absolute Gasteiger partial charge is 0.259 e. The number of anilines is 1. The van der Waals surface area contributed by atoms with Gasteiger partial charge in [0.1, 0.15) is 5.56 Å². The van der Waals surface area contributed by atoms with Crippen LogP contribution in [0.5, 0.6) is 5.88 Å². The molecule has 0 N–H and O–H groups in total. The molecule has 0 unspecified atom stereocenters. The molecule has 30 heavy (non-hydrogen) atoms. The van der Waals surface area contributed by atoms with E-state index in [1.807, 2.05) is 24.0 Å². The molecule has 7 nitrogen and oxygen atoms in total. The Kier molecular flexibility index (Phi) is 5.88. The van der Waals surface area contributed by atoms with E-state index in [1.165, 1.54) is 5.56 Å². The van der Waals surface area contributed by atoms with Gasteiger partial charge < -0.3 is 14.5 Å². The number of hydrogen-bond acceptors (Lipinski definition) is 6. The predicted octanol–water partition coefficient (Wildman–Crippen LogP) is 3.21. The highest BCUT2D eigenvalue weighted by atomic mass is 16.5. The van der Waals surface area contributed by atoms with Crippen LogP contribution in [-0.2, 0) is 0 Å². The summed E-state index contributed by atoms with van der Waals surface area (Å²) in [4.78, 5) is 21.1. The maximum absolute atomic E-state index is 12.9. The third kappa shape index (κ3) is 4.25. The molecule has 154 valence electrons. The lowest BCUT2D eigenvalue weighted by Gasteiger charge is -2.35. The summed E-state index contributed by atoms with van der Waals surface area (Å²) >= 11 is 0. The average molecular weight is 403 g/mol. The van der Waals surface area contributed by atoms with Gasteiger partial charge in [-0.15, -0.1) is 10.2 Å². The number of nitrogens with zero attached hydrogens (tertiary/aromatic N) is 5. The van der Waals surface area contributed by atoms with Gasteiger partial charge in [-0.3, -0.25) is 4.79 Å². The number of carbonyl (C=O) groups excluding carboxylic acids is 1. The summed E-state index contributed by atoms with van der Waals surface area (Å²) in [5, 5.41) is 8.80. The first kappa shape index (κ1) is 19.8. The molecule has 1 fully saturated rings. The van der Waals surface area contributed by atoms with Crippen molar-refractivity contribution in [2.45, 2.75) is 13.8 Å². The Balaban J connectivity index is 1.40. The number of benzene rings is 1. The van der Waals surface area contributed by atoms with Crippen molar-refractivity contribution in [2.24, 2.45) is 0 Å². The van der Waals surface area contributed by atoms with Crippen LogP contribution in [0.25, 0.3) is 11.3 Å². The van der Waals surface area contributed by atoms with E-state index in [1.54, 1.807) is 18.3 Å². The molecular formula is C23H25N5O2. The molecule has 1 aliphatic heterocycles. The molecule has 1 aromatic carbocycles. The zero-order valence-corrected chi connectivity index (χ0v) is 17.3. The first-order valence-corrected chi connectivity index (χ1v) is 10.2. The van der Waals surface area contributed by atoms with Crippen LogP contribution in [0.3, 0.4) is 0 Å². The lowest BCUT2D eigenvalue weighted by molar-refractivity contribution is 0.0741. The number of aromatic nitrogens is 3. The van der Waals surface area contributed by atoms with Crippen LogP contribution < -0.4 is 9.64 Å². The number of carbonyl (C=O) groups is 1. The monoisotopic (exact) mass is 403 g/mol. The first-order chi connectivity index (χ1) is 14.7. The number of amides is 1. The topological polar surface area (TPSA) is 71.5 Å². The number of rotatable bonds is 5. The van der Waals surface area contributed by atoms with E-state index in [-0.39, 0.29) is 5.91 Å². The van der Waals surface area contributed by atoms with Gasteiger partial charge in [0.2, 0.25) is 5.88 Å². The van der Waals surface area contributed by atoms with Gasteiger partial charge in [0.25, 0.3) is 5.91 Å². The van der Waals surface area contributed by atoms with Crippen molar-refractivity contribution >= 4 is 11.7 Å². The second kappa shape index (κ2) is 8.90. The number of pyridine rings is 1. The first-order valence-electron chi connectivity index (χ1n) is 10.2. The average Bonchev–Trinajstić information content (AvgIpc) is 2.80. The summed E-state index contributed by atoms with van der Waals surface area (Å²) in [6.07, 6.45) is 1.64. The van der Waals surface area contributed by atoms with Crippen molar-refractivity contribution in [3.63, 3.8) is 0 Å². The maximum Gasteiger partial charge on any atom is 0.259 e. The molecule has 7 heteroatoms. The minimum Gasteiger partial charge on any atom is -0.477 e. The molecule has 1 saturated heterocycles. The summed E-state index contributed by atoms with van der Waals surface area (Å²) in [7, 11) is 0. The van der Waals surface area contributed by atoms with Crippen molar-refractivity contribution in [3.8, 4) is 17.1 Å². The Morgan fingerprint density at radius 2 is 1.77 bits per heavy atom. The summed E-state index contributed by atoms with van der Waals surface area (Å²) in [5.74, 6) is 1.17. The summed E-state index contributed by atoms with van der Waals surface area (Å²) in [6.45, 7) is 7.05. The third-order valence-corrected chi connectivity index (χ3v) is 5.17. The quantitative estimate of drug-likeness (QED) is 0.651. The number of aryl methyl sites for hydroxylation is 1. The molecule has 0 aliphatic carbocycles. The second-order valence-corrected chi connectivity index (χ2v) is 7.21. The van der Waals surface area contributed by atoms with Crippen molar-refractivity contribution in [3.05, 3.63) is 65.9 Å². The van der Waals surface area contributed by atoms with Crippen molar-refractivity contribution < 1.29 is 9.53 Å². The molecule has 1 aliphatic rings. The minimum atomic E-state index is -0.0491. The van der Waals surface area contributed by atoms with Crippen molar-refractivity contribution in [1.82, 2.24) is 20.1 Å². The molecule has 4 rings (SSSR count). The highest BCUT2D eigenvalue weighted by Crippen LogP contribution is 2.21. The van der Waals surface area contributed by atoms with Gasteiger partial charge in [0.15, 0.2) is 5.82 Å². The predicted molar refractivity (Wildman–Crippen MR) is 116 cm³/mol. The highest BCUT2D eigenvalue weighted by molar-refractivity contribution is 5.96. The van der Waals surface area contributed by atoms with E-state index in [4.69, 9.17) is 4.74 Å². The normalized spacial score (nSPS) is 13.9. The molecular weight excluding hydrogens is 378 g/mol. The number of piperazine rings is 1. The molecule has 0 bridgehead atoms. The van der Waals surface area contributed by atoms with Gasteiger partial charge in [0.05, 0.1) is 12.3 Å². The summed E-state index contributed by atoms with van der Waals surface area (Å²) < 4.78 is 5.51. The van der Waals surface area contributed by atoms with Crippen LogP contribution >= 0.6 is 0 Å². The van der Waals surface area contributed by atoms with Gasteiger partial charge in [-0.25, -0.2) is 4.98 Å². The second-order valence-electron chi connectivity index (χ2n) is 7.21. The molecule has 1 amide bonds. The standard InChI is InChI=1S/C23H25N5O2/c1-3-30-22-19(5-4-12-24-22)23(29)28-15-13-27(14-16-28)21-11-10-20(25-26-21)18-8-6-17(2)7-9-18/h4-12H,3,13-16H2,1-2H3. The van der Waals surface area contributed by atoms with Gasteiger partial charge >= 0.3 is 0 Å². The Morgan fingerprint density at radius 3 is 2.43 bits per heavy atom. The van der Waals surface area contributed by atoms with Gasteiger partial charge in [0, 0.05) is 37.9 Å². The van der Waals surface area contributed by atoms with Gasteiger partial charge in [-0.05, 0) is 38.1 Å².